The average Bonchev–Trinajstić information content (AvgIpc) is 2.89. The lowest BCUT2D eigenvalue weighted by atomic mass is 10.2. The van der Waals surface area contributed by atoms with Gasteiger partial charge in [0.1, 0.15) is 11.6 Å². The molecule has 21 heavy (non-hydrogen) atoms. The van der Waals surface area contributed by atoms with Crippen LogP contribution in [0.3, 0.4) is 0 Å². The van der Waals surface area contributed by atoms with Crippen LogP contribution in [0.2, 0.25) is 0 Å². The number of halogens is 3. The molecular formula is C13H11BrF2N2O2S. The van der Waals surface area contributed by atoms with E-state index in [1.807, 2.05) is 0 Å². The number of aryl methyl sites for hydroxylation is 1. The van der Waals surface area contributed by atoms with E-state index in [0.29, 0.717) is 17.2 Å². The van der Waals surface area contributed by atoms with Crippen LogP contribution in [-0.2, 0) is 16.0 Å². The van der Waals surface area contributed by atoms with Crippen LogP contribution >= 0.6 is 27.3 Å². The van der Waals surface area contributed by atoms with Gasteiger partial charge in [0.05, 0.1) is 29.4 Å². The van der Waals surface area contributed by atoms with Crippen molar-refractivity contribution >= 4 is 44.1 Å². The molecule has 2 rings (SSSR count). The first-order valence-corrected chi connectivity index (χ1v) is 7.59. The summed E-state index contributed by atoms with van der Waals surface area (Å²) in [6.45, 7) is 0. The number of aromatic nitrogens is 1. The van der Waals surface area contributed by atoms with E-state index in [-0.39, 0.29) is 22.6 Å². The predicted octanol–water partition coefficient (Wildman–Crippen LogP) is 4.03. The molecule has 0 unspecified atom stereocenters. The highest BCUT2D eigenvalue weighted by Crippen LogP contribution is 2.27. The maximum atomic E-state index is 13.7. The van der Waals surface area contributed by atoms with Gasteiger partial charge in [-0.05, 0) is 22.0 Å². The number of hydrogen-bond donors (Lipinski definition) is 1. The zero-order chi connectivity index (χ0) is 15.4. The second kappa shape index (κ2) is 6.95. The number of esters is 1. The molecule has 0 amide bonds. The number of anilines is 2. The quantitative estimate of drug-likeness (QED) is 0.632. The van der Waals surface area contributed by atoms with Crippen LogP contribution < -0.4 is 5.32 Å². The van der Waals surface area contributed by atoms with Gasteiger partial charge < -0.3 is 10.1 Å². The lowest BCUT2D eigenvalue weighted by molar-refractivity contribution is -0.140. The molecule has 0 aliphatic carbocycles. The Balaban J connectivity index is 2.06. The number of benzene rings is 1. The number of rotatable bonds is 5. The fourth-order valence-corrected chi connectivity index (χ4v) is 2.62. The molecule has 0 saturated heterocycles. The molecule has 0 aliphatic rings. The summed E-state index contributed by atoms with van der Waals surface area (Å²) in [7, 11) is 1.32. The van der Waals surface area contributed by atoms with E-state index in [1.54, 1.807) is 5.38 Å². The molecule has 1 aromatic heterocycles. The molecule has 0 bridgehead atoms. The maximum Gasteiger partial charge on any atom is 0.305 e. The third-order valence-corrected chi connectivity index (χ3v) is 4.03. The van der Waals surface area contributed by atoms with Crippen molar-refractivity contribution in [3.63, 3.8) is 0 Å². The lowest BCUT2D eigenvalue weighted by Gasteiger charge is -2.05. The molecule has 0 aliphatic heterocycles. The molecule has 112 valence electrons. The van der Waals surface area contributed by atoms with Gasteiger partial charge >= 0.3 is 5.97 Å². The number of hydrogen-bond acceptors (Lipinski definition) is 5. The monoisotopic (exact) mass is 376 g/mol. The Labute approximate surface area is 132 Å². The van der Waals surface area contributed by atoms with Gasteiger partial charge in [-0.25, -0.2) is 13.8 Å². The Morgan fingerprint density at radius 3 is 2.90 bits per heavy atom. The predicted molar refractivity (Wildman–Crippen MR) is 79.8 cm³/mol. The third kappa shape index (κ3) is 4.21. The first-order chi connectivity index (χ1) is 9.99. The second-order valence-corrected chi connectivity index (χ2v) is 5.80. The van der Waals surface area contributed by atoms with Crippen LogP contribution in [0.4, 0.5) is 19.6 Å². The normalized spacial score (nSPS) is 10.5. The fourth-order valence-electron chi connectivity index (χ4n) is 1.54. The SMILES string of the molecule is COC(=O)CCc1csc(Nc2cc(F)c(Br)cc2F)n1. The number of ether oxygens (including phenoxy) is 1. The number of thiazole rings is 1. The van der Waals surface area contributed by atoms with E-state index < -0.39 is 11.6 Å². The number of nitrogens with zero attached hydrogens (tertiary/aromatic N) is 1. The molecule has 1 heterocycles. The van der Waals surface area contributed by atoms with E-state index in [4.69, 9.17) is 0 Å². The lowest BCUT2D eigenvalue weighted by Crippen LogP contribution is -2.02. The zero-order valence-corrected chi connectivity index (χ0v) is 13.4. The Morgan fingerprint density at radius 1 is 1.43 bits per heavy atom. The summed E-state index contributed by atoms with van der Waals surface area (Å²) < 4.78 is 31.7. The highest BCUT2D eigenvalue weighted by Gasteiger charge is 2.11. The minimum atomic E-state index is -0.588. The van der Waals surface area contributed by atoms with Gasteiger partial charge in [0.15, 0.2) is 5.13 Å². The number of nitrogens with one attached hydrogen (secondary N) is 1. The van der Waals surface area contributed by atoms with Crippen LogP contribution in [0, 0.1) is 11.6 Å². The zero-order valence-electron chi connectivity index (χ0n) is 11.0. The highest BCUT2D eigenvalue weighted by atomic mass is 79.9. The summed E-state index contributed by atoms with van der Waals surface area (Å²) in [5.74, 6) is -1.48. The molecule has 0 radical (unpaired) electrons. The molecular weight excluding hydrogens is 366 g/mol. The van der Waals surface area contributed by atoms with Crippen molar-refractivity contribution in [3.05, 3.63) is 39.3 Å². The van der Waals surface area contributed by atoms with E-state index >= 15 is 0 Å². The molecule has 0 spiro atoms. The molecule has 0 saturated carbocycles. The van der Waals surface area contributed by atoms with Crippen molar-refractivity contribution in [3.8, 4) is 0 Å². The van der Waals surface area contributed by atoms with Gasteiger partial charge in [-0.1, -0.05) is 0 Å². The summed E-state index contributed by atoms with van der Waals surface area (Å²) in [5, 5.41) is 4.89. The van der Waals surface area contributed by atoms with Gasteiger partial charge in [0.2, 0.25) is 0 Å². The molecule has 8 heteroatoms. The first kappa shape index (κ1) is 15.8. The summed E-state index contributed by atoms with van der Waals surface area (Å²) in [6.07, 6.45) is 0.656. The van der Waals surface area contributed by atoms with Crippen LogP contribution in [-0.4, -0.2) is 18.1 Å². The molecule has 2 aromatic rings. The minimum absolute atomic E-state index is 0.00423. The highest BCUT2D eigenvalue weighted by molar-refractivity contribution is 9.10. The Morgan fingerprint density at radius 2 is 2.19 bits per heavy atom. The summed E-state index contributed by atoms with van der Waals surface area (Å²) in [4.78, 5) is 15.2. The van der Waals surface area contributed by atoms with E-state index in [2.05, 4.69) is 31.0 Å². The third-order valence-electron chi connectivity index (χ3n) is 2.62. The maximum absolute atomic E-state index is 13.7. The largest absolute Gasteiger partial charge is 0.469 e. The van der Waals surface area contributed by atoms with Crippen LogP contribution in [0.1, 0.15) is 12.1 Å². The van der Waals surface area contributed by atoms with Crippen molar-refractivity contribution in [2.75, 3.05) is 12.4 Å². The van der Waals surface area contributed by atoms with Crippen molar-refractivity contribution in [2.24, 2.45) is 0 Å². The van der Waals surface area contributed by atoms with Gasteiger partial charge in [0.25, 0.3) is 0 Å². The topological polar surface area (TPSA) is 51.2 Å². The average molecular weight is 377 g/mol. The fraction of sp³-hybridized carbons (Fsp3) is 0.231. The minimum Gasteiger partial charge on any atom is -0.469 e. The smallest absolute Gasteiger partial charge is 0.305 e. The van der Waals surface area contributed by atoms with E-state index in [9.17, 15) is 13.6 Å². The molecule has 0 fully saturated rings. The van der Waals surface area contributed by atoms with Gasteiger partial charge in [-0.15, -0.1) is 11.3 Å². The van der Waals surface area contributed by atoms with E-state index in [0.717, 1.165) is 12.1 Å². The van der Waals surface area contributed by atoms with Crippen molar-refractivity contribution in [1.29, 1.82) is 0 Å². The van der Waals surface area contributed by atoms with Crippen LogP contribution in [0.15, 0.2) is 22.0 Å². The molecule has 1 aromatic carbocycles. The van der Waals surface area contributed by atoms with Crippen LogP contribution in [0.5, 0.6) is 0 Å². The molecule has 1 N–H and O–H groups in total. The van der Waals surface area contributed by atoms with E-state index in [1.165, 1.54) is 18.4 Å². The van der Waals surface area contributed by atoms with Crippen molar-refractivity contribution in [1.82, 2.24) is 4.98 Å². The number of carbonyl (C=O) groups is 1. The Hall–Kier alpha value is -1.54. The Bertz CT molecular complexity index is 664. The van der Waals surface area contributed by atoms with Gasteiger partial charge in [0, 0.05) is 17.9 Å². The van der Waals surface area contributed by atoms with Crippen molar-refractivity contribution in [2.45, 2.75) is 12.8 Å². The molecule has 4 nitrogen and oxygen atoms in total. The molecule has 0 atom stereocenters. The first-order valence-electron chi connectivity index (χ1n) is 5.92. The van der Waals surface area contributed by atoms with Gasteiger partial charge in [-0.3, -0.25) is 4.79 Å². The summed E-state index contributed by atoms with van der Waals surface area (Å²) in [5.41, 5.74) is 0.690. The number of carbonyl (C=O) groups excluding carboxylic acids is 1. The van der Waals surface area contributed by atoms with Gasteiger partial charge in [-0.2, -0.15) is 0 Å². The van der Waals surface area contributed by atoms with Crippen LogP contribution in [0.25, 0.3) is 0 Å². The summed E-state index contributed by atoms with van der Waals surface area (Å²) >= 11 is 4.16. The number of methoxy groups -OCH3 is 1. The summed E-state index contributed by atoms with van der Waals surface area (Å²) in [6, 6.07) is 2.10. The Kier molecular flexibility index (Phi) is 5.24. The second-order valence-electron chi connectivity index (χ2n) is 4.09. The van der Waals surface area contributed by atoms with Crippen molar-refractivity contribution < 1.29 is 18.3 Å². The standard InChI is InChI=1S/C13H11BrF2N2O2S/c1-20-12(19)3-2-7-6-21-13(17-7)18-11-5-9(15)8(14)4-10(11)16/h4-6H,2-3H2,1H3,(H,17,18).